The quantitative estimate of drug-likeness (QED) is 0.916. The molecule has 0 bridgehead atoms. The Hall–Kier alpha value is -0.900. The predicted octanol–water partition coefficient (Wildman–Crippen LogP) is 3.17. The molecule has 1 aromatic carbocycles. The van der Waals surface area contributed by atoms with E-state index < -0.39 is 5.97 Å². The van der Waals surface area contributed by atoms with E-state index in [-0.39, 0.29) is 18.7 Å². The van der Waals surface area contributed by atoms with Crippen molar-refractivity contribution in [2.24, 2.45) is 0 Å². The lowest BCUT2D eigenvalue weighted by Crippen LogP contribution is -2.00. The molecule has 0 aromatic heterocycles. The molecule has 0 aliphatic rings. The molecule has 15 heavy (non-hydrogen) atoms. The van der Waals surface area contributed by atoms with E-state index >= 15 is 0 Å². The van der Waals surface area contributed by atoms with Crippen molar-refractivity contribution in [1.29, 1.82) is 0 Å². The van der Waals surface area contributed by atoms with Crippen molar-refractivity contribution in [1.82, 2.24) is 0 Å². The fourth-order valence-electron chi connectivity index (χ4n) is 1.35. The zero-order chi connectivity index (χ0) is 11.4. The SMILES string of the molecule is CCc1cc(CCC(=O)O)c(F)cc1Br. The Balaban J connectivity index is 2.92. The van der Waals surface area contributed by atoms with Gasteiger partial charge in [-0.05, 0) is 30.0 Å². The molecule has 0 heterocycles. The second-order valence-electron chi connectivity index (χ2n) is 3.28. The van der Waals surface area contributed by atoms with Crippen LogP contribution >= 0.6 is 15.9 Å². The van der Waals surface area contributed by atoms with Gasteiger partial charge in [-0.2, -0.15) is 0 Å². The molecule has 0 aliphatic carbocycles. The van der Waals surface area contributed by atoms with Crippen LogP contribution in [0.1, 0.15) is 24.5 Å². The number of hydrogen-bond donors (Lipinski definition) is 1. The van der Waals surface area contributed by atoms with Gasteiger partial charge >= 0.3 is 5.97 Å². The highest BCUT2D eigenvalue weighted by Gasteiger charge is 2.08. The van der Waals surface area contributed by atoms with Crippen molar-refractivity contribution < 1.29 is 14.3 Å². The number of hydrogen-bond acceptors (Lipinski definition) is 1. The highest BCUT2D eigenvalue weighted by Crippen LogP contribution is 2.22. The maximum atomic E-state index is 13.4. The topological polar surface area (TPSA) is 37.3 Å². The summed E-state index contributed by atoms with van der Waals surface area (Å²) in [6.45, 7) is 1.97. The van der Waals surface area contributed by atoms with Crippen molar-refractivity contribution in [3.63, 3.8) is 0 Å². The lowest BCUT2D eigenvalue weighted by Gasteiger charge is -2.06. The largest absolute Gasteiger partial charge is 0.481 e. The number of carbonyl (C=O) groups is 1. The lowest BCUT2D eigenvalue weighted by atomic mass is 10.0. The van der Waals surface area contributed by atoms with Gasteiger partial charge < -0.3 is 5.11 Å². The third-order valence-electron chi connectivity index (χ3n) is 2.20. The zero-order valence-corrected chi connectivity index (χ0v) is 9.97. The van der Waals surface area contributed by atoms with Crippen molar-refractivity contribution >= 4 is 21.9 Å². The van der Waals surface area contributed by atoms with E-state index in [0.29, 0.717) is 5.56 Å². The van der Waals surface area contributed by atoms with Crippen molar-refractivity contribution in [2.75, 3.05) is 0 Å². The Morgan fingerprint density at radius 1 is 1.47 bits per heavy atom. The van der Waals surface area contributed by atoms with Gasteiger partial charge in [0.2, 0.25) is 0 Å². The van der Waals surface area contributed by atoms with E-state index in [0.717, 1.165) is 16.5 Å². The van der Waals surface area contributed by atoms with Crippen LogP contribution in [0.15, 0.2) is 16.6 Å². The maximum Gasteiger partial charge on any atom is 0.303 e. The second kappa shape index (κ2) is 5.26. The van der Waals surface area contributed by atoms with E-state index in [2.05, 4.69) is 15.9 Å². The van der Waals surface area contributed by atoms with Crippen LogP contribution in [0, 0.1) is 5.82 Å². The van der Waals surface area contributed by atoms with Crippen LogP contribution in [0.4, 0.5) is 4.39 Å². The Morgan fingerprint density at radius 3 is 2.67 bits per heavy atom. The van der Waals surface area contributed by atoms with Crippen LogP contribution < -0.4 is 0 Å². The fraction of sp³-hybridized carbons (Fsp3) is 0.364. The highest BCUT2D eigenvalue weighted by atomic mass is 79.9. The summed E-state index contributed by atoms with van der Waals surface area (Å²) in [6, 6.07) is 3.12. The number of carboxylic acids is 1. The summed E-state index contributed by atoms with van der Waals surface area (Å²) in [5, 5.41) is 8.52. The van der Waals surface area contributed by atoms with Crippen LogP contribution in [0.2, 0.25) is 0 Å². The molecule has 0 radical (unpaired) electrons. The minimum Gasteiger partial charge on any atom is -0.481 e. The summed E-state index contributed by atoms with van der Waals surface area (Å²) in [7, 11) is 0. The summed E-state index contributed by atoms with van der Waals surface area (Å²) in [6.07, 6.45) is 0.990. The van der Waals surface area contributed by atoms with Crippen LogP contribution in [-0.2, 0) is 17.6 Å². The van der Waals surface area contributed by atoms with Crippen LogP contribution in [-0.4, -0.2) is 11.1 Å². The summed E-state index contributed by atoms with van der Waals surface area (Å²) >= 11 is 3.27. The van der Waals surface area contributed by atoms with E-state index in [1.807, 2.05) is 6.92 Å². The number of aryl methyl sites for hydroxylation is 2. The van der Waals surface area contributed by atoms with Gasteiger partial charge in [-0.1, -0.05) is 28.9 Å². The van der Waals surface area contributed by atoms with Crippen molar-refractivity contribution in [2.45, 2.75) is 26.2 Å². The molecule has 0 atom stereocenters. The number of rotatable bonds is 4. The summed E-state index contributed by atoms with van der Waals surface area (Å²) in [4.78, 5) is 10.4. The van der Waals surface area contributed by atoms with Gasteiger partial charge in [-0.15, -0.1) is 0 Å². The van der Waals surface area contributed by atoms with Crippen LogP contribution in [0.5, 0.6) is 0 Å². The highest BCUT2D eigenvalue weighted by molar-refractivity contribution is 9.10. The molecule has 0 saturated heterocycles. The Kier molecular flexibility index (Phi) is 4.27. The molecule has 0 fully saturated rings. The third kappa shape index (κ3) is 3.30. The first-order valence-corrected chi connectivity index (χ1v) is 5.52. The zero-order valence-electron chi connectivity index (χ0n) is 8.39. The normalized spacial score (nSPS) is 10.3. The Bertz CT molecular complexity index is 377. The van der Waals surface area contributed by atoms with Gasteiger partial charge in [0.15, 0.2) is 0 Å². The molecule has 82 valence electrons. The summed E-state index contributed by atoms with van der Waals surface area (Å²) in [5.74, 6) is -1.25. The molecule has 0 aliphatic heterocycles. The molecule has 0 unspecified atom stereocenters. The second-order valence-corrected chi connectivity index (χ2v) is 4.14. The molecule has 1 rings (SSSR count). The van der Waals surface area contributed by atoms with Crippen LogP contribution in [0.3, 0.4) is 0 Å². The molecule has 0 spiro atoms. The molecular weight excluding hydrogens is 263 g/mol. The first-order chi connectivity index (χ1) is 7.04. The van der Waals surface area contributed by atoms with E-state index in [9.17, 15) is 9.18 Å². The number of aliphatic carboxylic acids is 1. The molecule has 2 nitrogen and oxygen atoms in total. The number of carboxylic acid groups (broad SMARTS) is 1. The minimum atomic E-state index is -0.907. The van der Waals surface area contributed by atoms with Crippen molar-refractivity contribution in [3.05, 3.63) is 33.5 Å². The lowest BCUT2D eigenvalue weighted by molar-refractivity contribution is -0.136. The monoisotopic (exact) mass is 274 g/mol. The summed E-state index contributed by atoms with van der Waals surface area (Å²) in [5.41, 5.74) is 1.47. The Labute approximate surface area is 96.2 Å². The van der Waals surface area contributed by atoms with Gasteiger partial charge in [-0.25, -0.2) is 4.39 Å². The van der Waals surface area contributed by atoms with Gasteiger partial charge in [-0.3, -0.25) is 4.79 Å². The molecular formula is C11H12BrFO2. The standard InChI is InChI=1S/C11H12BrFO2/c1-2-7-5-8(3-4-11(14)15)10(13)6-9(7)12/h5-6H,2-4H2,1H3,(H,14,15). The number of halogens is 2. The average Bonchev–Trinajstić information content (AvgIpc) is 2.16. The smallest absolute Gasteiger partial charge is 0.303 e. The van der Waals surface area contributed by atoms with Gasteiger partial charge in [0.25, 0.3) is 0 Å². The van der Waals surface area contributed by atoms with Crippen LogP contribution in [0.25, 0.3) is 0 Å². The minimum absolute atomic E-state index is 0.0400. The summed E-state index contributed by atoms with van der Waals surface area (Å²) < 4.78 is 14.1. The van der Waals surface area contributed by atoms with E-state index in [1.165, 1.54) is 6.07 Å². The van der Waals surface area contributed by atoms with Gasteiger partial charge in [0.1, 0.15) is 5.82 Å². The first kappa shape index (κ1) is 12.2. The van der Waals surface area contributed by atoms with Gasteiger partial charge in [0.05, 0.1) is 0 Å². The van der Waals surface area contributed by atoms with Crippen molar-refractivity contribution in [3.8, 4) is 0 Å². The molecule has 1 aromatic rings. The number of benzene rings is 1. The molecule has 0 amide bonds. The maximum absolute atomic E-state index is 13.4. The fourth-order valence-corrected chi connectivity index (χ4v) is 1.94. The van der Waals surface area contributed by atoms with E-state index in [1.54, 1.807) is 6.07 Å². The molecule has 4 heteroatoms. The molecule has 1 N–H and O–H groups in total. The Morgan fingerprint density at radius 2 is 2.13 bits per heavy atom. The first-order valence-electron chi connectivity index (χ1n) is 4.73. The van der Waals surface area contributed by atoms with Gasteiger partial charge in [0, 0.05) is 10.9 Å². The average molecular weight is 275 g/mol. The predicted molar refractivity (Wildman–Crippen MR) is 59.4 cm³/mol. The third-order valence-corrected chi connectivity index (χ3v) is 2.94. The molecule has 0 saturated carbocycles. The van der Waals surface area contributed by atoms with E-state index in [4.69, 9.17) is 5.11 Å².